The van der Waals surface area contributed by atoms with Crippen molar-refractivity contribution in [2.75, 3.05) is 31.1 Å². The highest BCUT2D eigenvalue weighted by atomic mass is 35.5. The van der Waals surface area contributed by atoms with Gasteiger partial charge in [-0.1, -0.05) is 23.7 Å². The number of anilines is 1. The Balaban J connectivity index is 1.48. The molecule has 1 amide bonds. The van der Waals surface area contributed by atoms with Crippen molar-refractivity contribution in [1.29, 1.82) is 0 Å². The van der Waals surface area contributed by atoms with Crippen molar-refractivity contribution in [1.82, 2.24) is 9.88 Å². The number of fused-ring (bicyclic) bond motifs is 2. The standard InChI is InChI=1S/C23H29BClN3O5/c1-22(2)23(3,4)33-24(32-22)14-5-6-17-15(11-14)20(16(25)12-26-17)27-8-7-18-19(13-27)31-10-9-28(18)21(29)30/h5-6,11-12,18-19H,7-10,13H2,1-4H3,(H,29,30)/t18-,19-/m0/s1. The van der Waals surface area contributed by atoms with Crippen molar-refractivity contribution >= 4 is 46.9 Å². The highest BCUT2D eigenvalue weighted by Crippen LogP contribution is 2.38. The van der Waals surface area contributed by atoms with E-state index in [2.05, 4.69) is 9.88 Å². The number of piperidine rings is 1. The second-order valence-electron chi connectivity index (χ2n) is 10.0. The average Bonchev–Trinajstić information content (AvgIpc) is 2.99. The fourth-order valence-corrected chi connectivity index (χ4v) is 5.22. The fourth-order valence-electron chi connectivity index (χ4n) is 4.95. The molecule has 10 heteroatoms. The molecule has 2 aromatic rings. The zero-order valence-corrected chi connectivity index (χ0v) is 20.1. The normalized spacial score (nSPS) is 26.5. The molecule has 0 unspecified atom stereocenters. The van der Waals surface area contributed by atoms with Gasteiger partial charge in [0.25, 0.3) is 0 Å². The minimum atomic E-state index is -0.888. The van der Waals surface area contributed by atoms with Crippen molar-refractivity contribution in [2.24, 2.45) is 0 Å². The van der Waals surface area contributed by atoms with Gasteiger partial charge in [0, 0.05) is 31.2 Å². The number of hydrogen-bond donors (Lipinski definition) is 1. The molecule has 1 N–H and O–H groups in total. The Hall–Kier alpha value is -2.07. The number of rotatable bonds is 2. The number of nitrogens with zero attached hydrogens (tertiary/aromatic N) is 3. The number of aromatic nitrogens is 1. The van der Waals surface area contributed by atoms with Crippen LogP contribution in [0.3, 0.4) is 0 Å². The second-order valence-corrected chi connectivity index (χ2v) is 10.4. The van der Waals surface area contributed by atoms with Gasteiger partial charge in [-0.05, 0) is 45.6 Å². The van der Waals surface area contributed by atoms with Crippen LogP contribution >= 0.6 is 11.6 Å². The van der Waals surface area contributed by atoms with Crippen LogP contribution in [0.25, 0.3) is 10.9 Å². The van der Waals surface area contributed by atoms with Crippen LogP contribution in [0.5, 0.6) is 0 Å². The summed E-state index contributed by atoms with van der Waals surface area (Å²) in [5.74, 6) is 0. The van der Waals surface area contributed by atoms with E-state index < -0.39 is 24.4 Å². The second kappa shape index (κ2) is 8.01. The van der Waals surface area contributed by atoms with Gasteiger partial charge in [-0.2, -0.15) is 0 Å². The summed E-state index contributed by atoms with van der Waals surface area (Å²) in [6.45, 7) is 10.2. The molecule has 0 bridgehead atoms. The molecule has 0 aliphatic carbocycles. The first-order chi connectivity index (χ1) is 15.6. The summed E-state index contributed by atoms with van der Waals surface area (Å²) < 4.78 is 18.5. The number of hydrogen-bond acceptors (Lipinski definition) is 6. The highest BCUT2D eigenvalue weighted by Gasteiger charge is 2.51. The summed E-state index contributed by atoms with van der Waals surface area (Å²) in [5.41, 5.74) is 1.76. The maximum Gasteiger partial charge on any atom is 0.494 e. The molecule has 0 spiro atoms. The van der Waals surface area contributed by atoms with Crippen LogP contribution in [-0.4, -0.2) is 77.8 Å². The predicted molar refractivity (Wildman–Crippen MR) is 128 cm³/mol. The largest absolute Gasteiger partial charge is 0.494 e. The zero-order valence-electron chi connectivity index (χ0n) is 19.4. The minimum Gasteiger partial charge on any atom is -0.465 e. The van der Waals surface area contributed by atoms with Crippen molar-refractivity contribution < 1.29 is 23.9 Å². The van der Waals surface area contributed by atoms with Crippen LogP contribution in [0.1, 0.15) is 34.1 Å². The summed E-state index contributed by atoms with van der Waals surface area (Å²) in [4.78, 5) is 19.9. The van der Waals surface area contributed by atoms with Gasteiger partial charge in [0.1, 0.15) is 0 Å². The molecule has 1 aromatic heterocycles. The summed E-state index contributed by atoms with van der Waals surface area (Å²) in [6.07, 6.45) is 1.26. The summed E-state index contributed by atoms with van der Waals surface area (Å²) >= 11 is 6.68. The van der Waals surface area contributed by atoms with E-state index in [1.54, 1.807) is 6.20 Å². The molecule has 3 saturated heterocycles. The quantitative estimate of drug-likeness (QED) is 0.671. The van der Waals surface area contributed by atoms with Gasteiger partial charge >= 0.3 is 13.2 Å². The van der Waals surface area contributed by atoms with Crippen LogP contribution < -0.4 is 10.4 Å². The third-order valence-corrected chi connectivity index (χ3v) is 7.77. The number of benzene rings is 1. The fraction of sp³-hybridized carbons (Fsp3) is 0.565. The lowest BCUT2D eigenvalue weighted by molar-refractivity contribution is -0.0659. The van der Waals surface area contributed by atoms with Gasteiger partial charge in [-0.3, -0.25) is 4.98 Å². The lowest BCUT2D eigenvalue weighted by atomic mass is 9.78. The molecule has 3 fully saturated rings. The Labute approximate surface area is 198 Å². The Bertz CT molecular complexity index is 1080. The van der Waals surface area contributed by atoms with Crippen molar-refractivity contribution in [3.05, 3.63) is 29.4 Å². The van der Waals surface area contributed by atoms with E-state index in [0.29, 0.717) is 37.7 Å². The number of carboxylic acid groups (broad SMARTS) is 1. The average molecular weight is 474 g/mol. The first-order valence-electron chi connectivity index (χ1n) is 11.4. The van der Waals surface area contributed by atoms with Gasteiger partial charge in [-0.15, -0.1) is 0 Å². The number of ether oxygens (including phenoxy) is 1. The molecule has 176 valence electrons. The first kappa shape index (κ1) is 22.7. The van der Waals surface area contributed by atoms with Crippen LogP contribution in [0, 0.1) is 0 Å². The Morgan fingerprint density at radius 1 is 1.21 bits per heavy atom. The van der Waals surface area contributed by atoms with E-state index >= 15 is 0 Å². The number of pyridine rings is 1. The summed E-state index contributed by atoms with van der Waals surface area (Å²) in [6, 6.07) is 5.85. The Morgan fingerprint density at radius 2 is 1.94 bits per heavy atom. The first-order valence-corrected chi connectivity index (χ1v) is 11.7. The van der Waals surface area contributed by atoms with E-state index in [1.807, 2.05) is 45.9 Å². The predicted octanol–water partition coefficient (Wildman–Crippen LogP) is 3.14. The molecule has 1 aromatic carbocycles. The van der Waals surface area contributed by atoms with Crippen LogP contribution in [0.2, 0.25) is 5.02 Å². The van der Waals surface area contributed by atoms with Gasteiger partial charge in [0.05, 0.1) is 46.2 Å². The molecular weight excluding hydrogens is 445 g/mol. The lowest BCUT2D eigenvalue weighted by Crippen LogP contribution is -2.60. The molecule has 4 heterocycles. The van der Waals surface area contributed by atoms with E-state index in [0.717, 1.165) is 22.1 Å². The Kier molecular flexibility index (Phi) is 5.51. The molecule has 33 heavy (non-hydrogen) atoms. The molecule has 3 aliphatic rings. The number of amides is 1. The molecular formula is C23H29BClN3O5. The van der Waals surface area contributed by atoms with Gasteiger partial charge in [0.15, 0.2) is 0 Å². The smallest absolute Gasteiger partial charge is 0.465 e. The molecule has 0 radical (unpaired) electrons. The van der Waals surface area contributed by atoms with E-state index in [1.165, 1.54) is 4.90 Å². The number of carbonyl (C=O) groups is 1. The van der Waals surface area contributed by atoms with E-state index in [-0.39, 0.29) is 12.1 Å². The van der Waals surface area contributed by atoms with Crippen LogP contribution in [-0.2, 0) is 14.0 Å². The molecule has 8 nitrogen and oxygen atoms in total. The third-order valence-electron chi connectivity index (χ3n) is 7.49. The lowest BCUT2D eigenvalue weighted by Gasteiger charge is -2.46. The maximum atomic E-state index is 11.6. The summed E-state index contributed by atoms with van der Waals surface area (Å²) in [5, 5.41) is 11.0. The van der Waals surface area contributed by atoms with E-state index in [4.69, 9.17) is 25.6 Å². The third kappa shape index (κ3) is 3.85. The molecule has 3 aliphatic heterocycles. The number of morpholine rings is 1. The van der Waals surface area contributed by atoms with Gasteiger partial charge < -0.3 is 29.0 Å². The van der Waals surface area contributed by atoms with Crippen LogP contribution in [0.15, 0.2) is 24.4 Å². The van der Waals surface area contributed by atoms with Gasteiger partial charge in [-0.25, -0.2) is 4.79 Å². The molecule has 5 rings (SSSR count). The van der Waals surface area contributed by atoms with Gasteiger partial charge in [0.2, 0.25) is 0 Å². The topological polar surface area (TPSA) is 84.4 Å². The number of halogens is 1. The molecule has 0 saturated carbocycles. The van der Waals surface area contributed by atoms with Crippen molar-refractivity contribution in [3.63, 3.8) is 0 Å². The minimum absolute atomic E-state index is 0.139. The SMILES string of the molecule is CC1(C)OB(c2ccc3ncc(Cl)c(N4CC[C@H]5[C@H](C4)OCCN5C(=O)O)c3c2)OC1(C)C. The highest BCUT2D eigenvalue weighted by molar-refractivity contribution is 6.62. The summed E-state index contributed by atoms with van der Waals surface area (Å²) in [7, 11) is -0.484. The zero-order chi connectivity index (χ0) is 23.5. The monoisotopic (exact) mass is 473 g/mol. The van der Waals surface area contributed by atoms with Crippen LogP contribution in [0.4, 0.5) is 10.5 Å². The van der Waals surface area contributed by atoms with Crippen molar-refractivity contribution in [2.45, 2.75) is 57.5 Å². The van der Waals surface area contributed by atoms with Crippen molar-refractivity contribution in [3.8, 4) is 0 Å². The van der Waals surface area contributed by atoms with E-state index in [9.17, 15) is 9.90 Å². The molecule has 2 atom stereocenters. The maximum absolute atomic E-state index is 11.6. The Morgan fingerprint density at radius 3 is 2.64 bits per heavy atom.